The molecule has 0 saturated heterocycles. The Morgan fingerprint density at radius 1 is 0.902 bits per heavy atom. The molecule has 51 heavy (non-hydrogen) atoms. The van der Waals surface area contributed by atoms with Crippen LogP contribution in [0, 0.1) is 29.6 Å². The van der Waals surface area contributed by atoms with E-state index in [0.29, 0.717) is 47.6 Å². The van der Waals surface area contributed by atoms with Crippen LogP contribution >= 0.6 is 0 Å². The number of benzene rings is 3. The second-order valence-electron chi connectivity index (χ2n) is 14.9. The minimum atomic E-state index is -0.140. The first-order valence-electron chi connectivity index (χ1n) is 19.2. The number of allylic oxidation sites excluding steroid dienone is 6. The molecule has 7 unspecified atom stereocenters. The van der Waals surface area contributed by atoms with Gasteiger partial charge in [-0.2, -0.15) is 4.99 Å². The largest absolute Gasteiger partial charge is 0.507 e. The maximum Gasteiger partial charge on any atom is 0.213 e. The summed E-state index contributed by atoms with van der Waals surface area (Å²) in [6, 6.07) is 27.6. The van der Waals surface area contributed by atoms with Gasteiger partial charge in [-0.3, -0.25) is 0 Å². The minimum absolute atomic E-state index is 0.0920. The summed E-state index contributed by atoms with van der Waals surface area (Å²) in [6.45, 7) is 5.14. The molecule has 0 amide bonds. The smallest absolute Gasteiger partial charge is 0.213 e. The molecular weight excluding hydrogens is 625 g/mol. The molecule has 7 atom stereocenters. The van der Waals surface area contributed by atoms with Gasteiger partial charge in [-0.1, -0.05) is 154 Å². The van der Waals surface area contributed by atoms with Crippen molar-refractivity contribution in [2.75, 3.05) is 6.61 Å². The van der Waals surface area contributed by atoms with Crippen molar-refractivity contribution in [1.82, 2.24) is 5.32 Å². The summed E-state index contributed by atoms with van der Waals surface area (Å²) in [7, 11) is 0. The van der Waals surface area contributed by atoms with E-state index in [1.54, 1.807) is 6.07 Å². The Morgan fingerprint density at radius 3 is 2.45 bits per heavy atom. The Morgan fingerprint density at radius 2 is 1.69 bits per heavy atom. The molecule has 1 heterocycles. The van der Waals surface area contributed by atoms with Crippen LogP contribution < -0.4 is 15.8 Å². The van der Waals surface area contributed by atoms with Crippen molar-refractivity contribution in [3.05, 3.63) is 160 Å². The van der Waals surface area contributed by atoms with Gasteiger partial charge in [-0.05, 0) is 76.6 Å². The van der Waals surface area contributed by atoms with Gasteiger partial charge in [-0.15, -0.1) is 0 Å². The quantitative estimate of drug-likeness (QED) is 0.214. The topological polar surface area (TPSA) is 53.8 Å². The van der Waals surface area contributed by atoms with E-state index in [9.17, 15) is 5.11 Å². The number of fused-ring (bicyclic) bond motifs is 4. The van der Waals surface area contributed by atoms with Crippen LogP contribution in [-0.2, 0) is 10.2 Å². The fourth-order valence-corrected chi connectivity index (χ4v) is 9.60. The SMILES string of the molecule is CCCCC(CC)COC1=CC(C2=CCC3C(=C2)C2C=c4ccccc4=CC2C3(c2ccccc2)C2C=CC=CC2)NC(c2ccccc2O)=N1. The van der Waals surface area contributed by atoms with Crippen molar-refractivity contribution in [2.45, 2.75) is 63.8 Å². The molecule has 0 spiro atoms. The normalized spacial score (nSPS) is 27.9. The monoisotopic (exact) mass is 674 g/mol. The number of para-hydroxylation sites is 1. The number of unbranched alkanes of at least 4 members (excludes halogenated alkanes) is 1. The van der Waals surface area contributed by atoms with Gasteiger partial charge in [0.1, 0.15) is 11.6 Å². The van der Waals surface area contributed by atoms with Crippen LogP contribution in [0.15, 0.2) is 143 Å². The molecule has 3 aromatic rings. The van der Waals surface area contributed by atoms with E-state index < -0.39 is 0 Å². The van der Waals surface area contributed by atoms with Gasteiger partial charge in [0.15, 0.2) is 0 Å². The predicted molar refractivity (Wildman–Crippen MR) is 209 cm³/mol. The zero-order valence-corrected chi connectivity index (χ0v) is 29.9. The minimum Gasteiger partial charge on any atom is -0.507 e. The van der Waals surface area contributed by atoms with Crippen molar-refractivity contribution in [2.24, 2.45) is 34.6 Å². The maximum absolute atomic E-state index is 10.9. The number of nitrogens with zero attached hydrogens (tertiary/aromatic N) is 1. The van der Waals surface area contributed by atoms with E-state index in [-0.39, 0.29) is 23.1 Å². The second kappa shape index (κ2) is 14.4. The van der Waals surface area contributed by atoms with Crippen LogP contribution in [0.3, 0.4) is 0 Å². The highest BCUT2D eigenvalue weighted by molar-refractivity contribution is 6.02. The van der Waals surface area contributed by atoms with Crippen LogP contribution in [0.1, 0.15) is 63.5 Å². The van der Waals surface area contributed by atoms with Gasteiger partial charge in [0.05, 0.1) is 18.2 Å². The summed E-state index contributed by atoms with van der Waals surface area (Å²) < 4.78 is 6.51. The average molecular weight is 675 g/mol. The molecule has 4 aliphatic carbocycles. The lowest BCUT2D eigenvalue weighted by atomic mass is 9.56. The van der Waals surface area contributed by atoms with Gasteiger partial charge < -0.3 is 15.2 Å². The lowest BCUT2D eigenvalue weighted by Gasteiger charge is -2.47. The van der Waals surface area contributed by atoms with E-state index in [0.717, 1.165) is 25.7 Å². The number of ether oxygens (including phenoxy) is 1. The third-order valence-electron chi connectivity index (χ3n) is 12.2. The molecule has 3 aromatic carbocycles. The highest BCUT2D eigenvalue weighted by Gasteiger charge is 2.60. The second-order valence-corrected chi connectivity index (χ2v) is 14.9. The number of phenolic OH excluding ortho intramolecular Hbond substituents is 1. The molecule has 1 aliphatic heterocycles. The summed E-state index contributed by atoms with van der Waals surface area (Å²) in [5, 5.41) is 17.3. The summed E-state index contributed by atoms with van der Waals surface area (Å²) >= 11 is 0. The summed E-state index contributed by atoms with van der Waals surface area (Å²) in [5.41, 5.74) is 4.78. The molecule has 0 aromatic heterocycles. The van der Waals surface area contributed by atoms with E-state index in [2.05, 4.69) is 128 Å². The number of rotatable bonds is 11. The lowest BCUT2D eigenvalue weighted by Crippen LogP contribution is -2.46. The molecular formula is C47H50N2O2. The average Bonchev–Trinajstić information content (AvgIpc) is 3.47. The number of aliphatic imine (C=N–C) groups is 1. The summed E-state index contributed by atoms with van der Waals surface area (Å²) in [5.74, 6) is 3.30. The molecule has 2 N–H and O–H groups in total. The Bertz CT molecular complexity index is 2070. The van der Waals surface area contributed by atoms with Crippen molar-refractivity contribution < 1.29 is 9.84 Å². The Balaban J connectivity index is 1.21. The Labute approximate surface area is 303 Å². The van der Waals surface area contributed by atoms with Crippen LogP contribution in [0.4, 0.5) is 0 Å². The maximum atomic E-state index is 10.9. The molecule has 5 aliphatic rings. The molecule has 8 rings (SSSR count). The highest BCUT2D eigenvalue weighted by Crippen LogP contribution is 2.64. The third-order valence-corrected chi connectivity index (χ3v) is 12.2. The highest BCUT2D eigenvalue weighted by atomic mass is 16.5. The van der Waals surface area contributed by atoms with E-state index in [1.807, 2.05) is 18.2 Å². The number of amidine groups is 1. The van der Waals surface area contributed by atoms with E-state index >= 15 is 0 Å². The fraction of sp³-hybridized carbons (Fsp3) is 0.340. The molecule has 1 saturated carbocycles. The van der Waals surface area contributed by atoms with Crippen LogP contribution in [-0.4, -0.2) is 23.6 Å². The summed E-state index contributed by atoms with van der Waals surface area (Å²) in [4.78, 5) is 4.94. The first-order chi connectivity index (χ1) is 25.1. The van der Waals surface area contributed by atoms with Crippen molar-refractivity contribution in [1.29, 1.82) is 0 Å². The predicted octanol–water partition coefficient (Wildman–Crippen LogP) is 8.65. The zero-order chi connectivity index (χ0) is 34.8. The third kappa shape index (κ3) is 6.13. The number of hydrogen-bond acceptors (Lipinski definition) is 4. The standard InChI is InChI=1S/C47H50N2O2/c1-3-5-16-32(4-2)31-51-45-30-43(48-46(49-45)38-23-14-15-24-44(38)50)35-25-26-41-39(28-35)40-27-33-17-12-13-18-34(33)29-42(40)47(41,36-19-8-6-9-20-36)37-21-10-7-11-22-37/h6-15,17-21,23-25,27-30,32,37,40-43,50H,3-5,16,22,26,31H2,1-2H3,(H,48,49). The zero-order valence-electron chi connectivity index (χ0n) is 29.9. The lowest BCUT2D eigenvalue weighted by molar-refractivity contribution is 0.152. The number of phenols is 1. The molecule has 260 valence electrons. The van der Waals surface area contributed by atoms with E-state index in [1.165, 1.54) is 40.0 Å². The molecule has 4 nitrogen and oxygen atoms in total. The summed E-state index contributed by atoms with van der Waals surface area (Å²) in [6.07, 6.45) is 28.2. The van der Waals surface area contributed by atoms with Gasteiger partial charge in [0.25, 0.3) is 0 Å². The van der Waals surface area contributed by atoms with E-state index in [4.69, 9.17) is 9.73 Å². The first kappa shape index (κ1) is 33.3. The number of hydrogen-bond donors (Lipinski definition) is 2. The molecule has 0 bridgehead atoms. The van der Waals surface area contributed by atoms with Crippen molar-refractivity contribution in [3.8, 4) is 5.75 Å². The Hall–Kier alpha value is -4.83. The van der Waals surface area contributed by atoms with Crippen molar-refractivity contribution >= 4 is 18.0 Å². The van der Waals surface area contributed by atoms with Crippen molar-refractivity contribution in [3.63, 3.8) is 0 Å². The Kier molecular flexibility index (Phi) is 9.42. The number of aromatic hydroxyl groups is 1. The molecule has 0 radical (unpaired) electrons. The van der Waals surface area contributed by atoms with Crippen LogP contribution in [0.25, 0.3) is 12.2 Å². The van der Waals surface area contributed by atoms with Gasteiger partial charge in [0.2, 0.25) is 5.88 Å². The van der Waals surface area contributed by atoms with Gasteiger partial charge in [-0.25, -0.2) is 0 Å². The number of nitrogens with one attached hydrogen (secondary N) is 1. The molecule has 1 fully saturated rings. The van der Waals surface area contributed by atoms with Gasteiger partial charge >= 0.3 is 0 Å². The van der Waals surface area contributed by atoms with Crippen LogP contribution in [0.5, 0.6) is 5.75 Å². The van der Waals surface area contributed by atoms with Gasteiger partial charge in [0, 0.05) is 17.4 Å². The first-order valence-corrected chi connectivity index (χ1v) is 19.2. The fourth-order valence-electron chi connectivity index (χ4n) is 9.60. The van der Waals surface area contributed by atoms with Crippen LogP contribution in [0.2, 0.25) is 0 Å². The molecule has 4 heteroatoms.